The van der Waals surface area contributed by atoms with Gasteiger partial charge in [0.05, 0.1) is 12.1 Å². The van der Waals surface area contributed by atoms with Crippen LogP contribution in [0.15, 0.2) is 24.3 Å². The lowest BCUT2D eigenvalue weighted by Crippen LogP contribution is -2.58. The van der Waals surface area contributed by atoms with Crippen LogP contribution in [0.4, 0.5) is 0 Å². The standard InChI is InChI=1S/C20H30N2O3/c1-20-10-2-3-11-22(18(20)8-5-9-19(24)21-20)15-16-6-4-7-17(14-16)25-13-12-23/h4,6-7,14,18,23H,2-3,5,8-13,15H2,1H3,(H,21,24)/t18-,20-/m0/s1. The summed E-state index contributed by atoms with van der Waals surface area (Å²) in [7, 11) is 0. The van der Waals surface area contributed by atoms with Crippen LogP contribution < -0.4 is 10.1 Å². The minimum atomic E-state index is -0.130. The van der Waals surface area contributed by atoms with Gasteiger partial charge in [-0.15, -0.1) is 0 Å². The zero-order chi connectivity index (χ0) is 17.7. The lowest BCUT2D eigenvalue weighted by Gasteiger charge is -2.42. The molecule has 3 rings (SSSR count). The smallest absolute Gasteiger partial charge is 0.220 e. The van der Waals surface area contributed by atoms with Crippen LogP contribution in [0.3, 0.4) is 0 Å². The quantitative estimate of drug-likeness (QED) is 0.860. The molecule has 2 aliphatic rings. The lowest BCUT2D eigenvalue weighted by molar-refractivity contribution is -0.122. The number of hydrogen-bond acceptors (Lipinski definition) is 4. The highest BCUT2D eigenvalue weighted by Crippen LogP contribution is 2.33. The number of amides is 1. The molecule has 2 N–H and O–H groups in total. The van der Waals surface area contributed by atoms with E-state index in [1.807, 2.05) is 12.1 Å². The van der Waals surface area contributed by atoms with Crippen LogP contribution in [-0.4, -0.2) is 47.3 Å². The van der Waals surface area contributed by atoms with E-state index < -0.39 is 0 Å². The molecule has 0 unspecified atom stereocenters. The van der Waals surface area contributed by atoms with Crippen molar-refractivity contribution in [1.29, 1.82) is 0 Å². The molecule has 1 amide bonds. The van der Waals surface area contributed by atoms with E-state index in [0.717, 1.165) is 44.5 Å². The van der Waals surface area contributed by atoms with Crippen LogP contribution in [-0.2, 0) is 11.3 Å². The number of likely N-dealkylation sites (tertiary alicyclic amines) is 1. The summed E-state index contributed by atoms with van der Waals surface area (Å²) in [6.07, 6.45) is 6.05. The van der Waals surface area contributed by atoms with Crippen LogP contribution >= 0.6 is 0 Å². The maximum atomic E-state index is 12.1. The minimum absolute atomic E-state index is 0.0243. The Kier molecular flexibility index (Phi) is 5.97. The Morgan fingerprint density at radius 2 is 2.24 bits per heavy atom. The van der Waals surface area contributed by atoms with Gasteiger partial charge in [-0.05, 0) is 63.3 Å². The summed E-state index contributed by atoms with van der Waals surface area (Å²) < 4.78 is 5.54. The summed E-state index contributed by atoms with van der Waals surface area (Å²) in [4.78, 5) is 14.6. The Morgan fingerprint density at radius 1 is 1.36 bits per heavy atom. The van der Waals surface area contributed by atoms with Crippen molar-refractivity contribution in [2.75, 3.05) is 19.8 Å². The van der Waals surface area contributed by atoms with Crippen LogP contribution in [0.25, 0.3) is 0 Å². The fourth-order valence-corrected chi connectivity index (χ4v) is 4.34. The van der Waals surface area contributed by atoms with Gasteiger partial charge in [-0.2, -0.15) is 0 Å². The molecule has 0 aromatic heterocycles. The van der Waals surface area contributed by atoms with E-state index in [-0.39, 0.29) is 18.1 Å². The molecule has 2 atom stereocenters. The fourth-order valence-electron chi connectivity index (χ4n) is 4.34. The molecule has 2 fully saturated rings. The second kappa shape index (κ2) is 8.19. The number of carbonyl (C=O) groups is 1. The topological polar surface area (TPSA) is 61.8 Å². The molecular weight excluding hydrogens is 316 g/mol. The van der Waals surface area contributed by atoms with E-state index in [9.17, 15) is 4.79 Å². The Balaban J connectivity index is 1.77. The van der Waals surface area contributed by atoms with E-state index in [2.05, 4.69) is 29.3 Å². The second-order valence-corrected chi connectivity index (χ2v) is 7.52. The summed E-state index contributed by atoms with van der Waals surface area (Å²) in [5.41, 5.74) is 1.09. The Labute approximate surface area is 150 Å². The van der Waals surface area contributed by atoms with Gasteiger partial charge < -0.3 is 15.2 Å². The maximum Gasteiger partial charge on any atom is 0.220 e. The van der Waals surface area contributed by atoms with Crippen LogP contribution in [0, 0.1) is 0 Å². The molecule has 0 saturated carbocycles. The predicted molar refractivity (Wildman–Crippen MR) is 97.5 cm³/mol. The minimum Gasteiger partial charge on any atom is -0.491 e. The van der Waals surface area contributed by atoms with Gasteiger partial charge in [0, 0.05) is 19.0 Å². The van der Waals surface area contributed by atoms with Gasteiger partial charge in [0.2, 0.25) is 5.91 Å². The molecule has 5 nitrogen and oxygen atoms in total. The monoisotopic (exact) mass is 346 g/mol. The average molecular weight is 346 g/mol. The van der Waals surface area contributed by atoms with Crippen LogP contribution in [0.5, 0.6) is 5.75 Å². The zero-order valence-electron chi connectivity index (χ0n) is 15.2. The first-order chi connectivity index (χ1) is 12.1. The normalized spacial score (nSPS) is 27.8. The lowest BCUT2D eigenvalue weighted by atomic mass is 9.85. The second-order valence-electron chi connectivity index (χ2n) is 7.52. The third-order valence-corrected chi connectivity index (χ3v) is 5.52. The average Bonchev–Trinajstić information content (AvgIpc) is 2.83. The number of hydrogen-bond donors (Lipinski definition) is 2. The van der Waals surface area contributed by atoms with E-state index in [1.54, 1.807) is 0 Å². The number of carbonyl (C=O) groups excluding carboxylic acids is 1. The van der Waals surface area contributed by atoms with Crippen LogP contribution in [0.1, 0.15) is 51.0 Å². The first kappa shape index (κ1) is 18.2. The summed E-state index contributed by atoms with van der Waals surface area (Å²) in [6.45, 7) is 4.50. The first-order valence-corrected chi connectivity index (χ1v) is 9.48. The third-order valence-electron chi connectivity index (χ3n) is 5.52. The Bertz CT molecular complexity index is 592. The molecule has 2 heterocycles. The maximum absolute atomic E-state index is 12.1. The van der Waals surface area contributed by atoms with E-state index in [0.29, 0.717) is 19.1 Å². The highest BCUT2D eigenvalue weighted by Gasteiger charge is 2.41. The largest absolute Gasteiger partial charge is 0.491 e. The van der Waals surface area contributed by atoms with Gasteiger partial charge in [-0.3, -0.25) is 9.69 Å². The molecule has 0 bridgehead atoms. The van der Waals surface area contributed by atoms with Crippen molar-refractivity contribution in [2.24, 2.45) is 0 Å². The summed E-state index contributed by atoms with van der Waals surface area (Å²) in [5, 5.41) is 12.2. The molecule has 0 spiro atoms. The van der Waals surface area contributed by atoms with Crippen molar-refractivity contribution in [3.63, 3.8) is 0 Å². The molecular formula is C20H30N2O3. The number of ether oxygens (including phenoxy) is 1. The Morgan fingerprint density at radius 3 is 3.08 bits per heavy atom. The molecule has 138 valence electrons. The van der Waals surface area contributed by atoms with Gasteiger partial charge in [0.1, 0.15) is 12.4 Å². The van der Waals surface area contributed by atoms with Crippen molar-refractivity contribution < 1.29 is 14.6 Å². The SMILES string of the molecule is C[C@]12CCCCN(Cc3cccc(OCCO)c3)[C@H]1CCCC(=O)N2. The molecule has 1 aromatic carbocycles. The summed E-state index contributed by atoms with van der Waals surface area (Å²) in [6, 6.07) is 8.51. The predicted octanol–water partition coefficient (Wildman–Crippen LogP) is 2.47. The van der Waals surface area contributed by atoms with Crippen LogP contribution in [0.2, 0.25) is 0 Å². The van der Waals surface area contributed by atoms with Crippen molar-refractivity contribution in [2.45, 2.75) is 63.6 Å². The van der Waals surface area contributed by atoms with Gasteiger partial charge in [0.15, 0.2) is 0 Å². The zero-order valence-corrected chi connectivity index (χ0v) is 15.2. The molecule has 5 heteroatoms. The number of benzene rings is 1. The van der Waals surface area contributed by atoms with Gasteiger partial charge in [-0.25, -0.2) is 0 Å². The first-order valence-electron chi connectivity index (χ1n) is 9.48. The number of fused-ring (bicyclic) bond motifs is 1. The molecule has 25 heavy (non-hydrogen) atoms. The highest BCUT2D eigenvalue weighted by atomic mass is 16.5. The highest BCUT2D eigenvalue weighted by molar-refractivity contribution is 5.77. The third kappa shape index (κ3) is 4.53. The summed E-state index contributed by atoms with van der Waals surface area (Å²) >= 11 is 0. The number of aliphatic hydroxyl groups is 1. The van der Waals surface area contributed by atoms with Crippen molar-refractivity contribution >= 4 is 5.91 Å². The number of nitrogens with one attached hydrogen (secondary N) is 1. The van der Waals surface area contributed by atoms with Gasteiger partial charge in [0.25, 0.3) is 0 Å². The molecule has 0 radical (unpaired) electrons. The molecule has 0 aliphatic carbocycles. The van der Waals surface area contributed by atoms with E-state index >= 15 is 0 Å². The van der Waals surface area contributed by atoms with Crippen molar-refractivity contribution in [3.8, 4) is 5.75 Å². The van der Waals surface area contributed by atoms with E-state index in [4.69, 9.17) is 9.84 Å². The number of aliphatic hydroxyl groups excluding tert-OH is 1. The molecule has 2 aliphatic heterocycles. The van der Waals surface area contributed by atoms with Gasteiger partial charge >= 0.3 is 0 Å². The van der Waals surface area contributed by atoms with Crippen molar-refractivity contribution in [3.05, 3.63) is 29.8 Å². The number of rotatable bonds is 5. The molecule has 2 saturated heterocycles. The molecule has 1 aromatic rings. The Hall–Kier alpha value is -1.59. The number of nitrogens with zero attached hydrogens (tertiary/aromatic N) is 1. The van der Waals surface area contributed by atoms with E-state index in [1.165, 1.54) is 12.0 Å². The fraction of sp³-hybridized carbons (Fsp3) is 0.650. The van der Waals surface area contributed by atoms with Crippen molar-refractivity contribution in [1.82, 2.24) is 10.2 Å². The summed E-state index contributed by atoms with van der Waals surface area (Å²) in [5.74, 6) is 1.00. The van der Waals surface area contributed by atoms with Gasteiger partial charge in [-0.1, -0.05) is 12.1 Å².